The second-order valence-corrected chi connectivity index (χ2v) is 14.2. The number of methoxy groups -OCH3 is 1. The number of aliphatic hydroxyl groups is 7. The number of rotatable bonds is 10. The van der Waals surface area contributed by atoms with Crippen molar-refractivity contribution in [1.82, 2.24) is 0 Å². The number of hydrogen-bond acceptors (Lipinski definition) is 16. The maximum atomic E-state index is 13.4. The Bertz CT molecular complexity index is 1370. The molecule has 3 saturated heterocycles. The van der Waals surface area contributed by atoms with Crippen molar-refractivity contribution in [2.24, 2.45) is 22.7 Å². The van der Waals surface area contributed by atoms with Crippen LogP contribution < -0.4 is 0 Å². The van der Waals surface area contributed by atoms with Crippen molar-refractivity contribution in [3.8, 4) is 0 Å². The highest BCUT2D eigenvalue weighted by Gasteiger charge is 2.67. The van der Waals surface area contributed by atoms with Crippen LogP contribution in [0.4, 0.5) is 0 Å². The lowest BCUT2D eigenvalue weighted by Gasteiger charge is -2.57. The molecule has 16 heteroatoms. The Kier molecular flexibility index (Phi) is 10.3. The Morgan fingerprint density at radius 2 is 1.65 bits per heavy atom. The van der Waals surface area contributed by atoms with Crippen LogP contribution in [0.5, 0.6) is 0 Å². The average molecular weight is 699 g/mol. The summed E-state index contributed by atoms with van der Waals surface area (Å²) in [5, 5.41) is 72.7. The largest absolute Gasteiger partial charge is 0.472 e. The Hall–Kier alpha value is -2.48. The number of hydrogen-bond donors (Lipinski definition) is 7. The van der Waals surface area contributed by atoms with Crippen molar-refractivity contribution in [2.45, 2.75) is 113 Å². The van der Waals surface area contributed by atoms with E-state index in [0.717, 1.165) is 0 Å². The summed E-state index contributed by atoms with van der Waals surface area (Å²) in [6.07, 6.45) is -10.9. The minimum atomic E-state index is -1.77. The van der Waals surface area contributed by atoms with Gasteiger partial charge in [-0.25, -0.2) is 4.79 Å². The molecule has 0 unspecified atom stereocenters. The van der Waals surface area contributed by atoms with Crippen LogP contribution in [0.3, 0.4) is 0 Å². The zero-order valence-corrected chi connectivity index (χ0v) is 27.4. The van der Waals surface area contributed by atoms with E-state index in [-0.39, 0.29) is 18.8 Å². The molecule has 2 aliphatic carbocycles. The van der Waals surface area contributed by atoms with Gasteiger partial charge in [0.25, 0.3) is 0 Å². The lowest BCUT2D eigenvalue weighted by atomic mass is 9.46. The number of furan rings is 1. The summed E-state index contributed by atoms with van der Waals surface area (Å²) >= 11 is 0. The molecular weight excluding hydrogens is 652 g/mol. The van der Waals surface area contributed by atoms with Crippen LogP contribution in [0, 0.1) is 22.7 Å². The number of aliphatic hydroxyl groups excluding tert-OH is 7. The van der Waals surface area contributed by atoms with Gasteiger partial charge >= 0.3 is 11.9 Å². The Labute approximate surface area is 282 Å². The average Bonchev–Trinajstić information content (AvgIpc) is 3.71. The van der Waals surface area contributed by atoms with Crippen molar-refractivity contribution in [3.05, 3.63) is 35.8 Å². The predicted molar refractivity (Wildman–Crippen MR) is 161 cm³/mol. The number of ether oxygens (including phenoxy) is 6. The Morgan fingerprint density at radius 3 is 2.31 bits per heavy atom. The van der Waals surface area contributed by atoms with Crippen molar-refractivity contribution < 1.29 is 78.2 Å². The maximum Gasteiger partial charge on any atom is 0.334 e. The third-order valence-electron chi connectivity index (χ3n) is 11.6. The van der Waals surface area contributed by atoms with Gasteiger partial charge in [-0.15, -0.1) is 0 Å². The van der Waals surface area contributed by atoms with Gasteiger partial charge < -0.3 is 68.6 Å². The standard InChI is InChI=1S/C33H46O16/c1-32(16(28(41)43-3)9-21-33(2)15(29(42)49-21)5-4-6-20(32)33)10-17(14-7-8-44-12-14)46-31-27(40)25(38)23(36)19(48-31)13-45-30-26(39)24(37)22(35)18(11-34)47-30/h5,7-8,12,16-27,30-31,34-40H,4,6,9-11,13H2,1-3H3/t16-,17+,18+,19+,20-,21+,22+,23+,24-,25-,26+,27+,30+,31+,32+,33-/m0/s1. The van der Waals surface area contributed by atoms with Gasteiger partial charge in [-0.3, -0.25) is 4.79 Å². The van der Waals surface area contributed by atoms with Crippen molar-refractivity contribution >= 4 is 11.9 Å². The molecule has 3 aliphatic heterocycles. The van der Waals surface area contributed by atoms with E-state index < -0.39 is 116 Å². The molecule has 5 aliphatic rings. The second-order valence-electron chi connectivity index (χ2n) is 14.2. The fourth-order valence-electron chi connectivity index (χ4n) is 8.77. The fraction of sp³-hybridized carbons (Fsp3) is 0.758. The van der Waals surface area contributed by atoms with Crippen LogP contribution in [0.2, 0.25) is 0 Å². The van der Waals surface area contributed by atoms with Crippen LogP contribution >= 0.6 is 0 Å². The first-order chi connectivity index (χ1) is 23.3. The van der Waals surface area contributed by atoms with Crippen LogP contribution in [0.1, 0.15) is 51.2 Å². The van der Waals surface area contributed by atoms with Gasteiger partial charge in [0, 0.05) is 16.6 Å². The first-order valence-corrected chi connectivity index (χ1v) is 16.5. The molecule has 49 heavy (non-hydrogen) atoms. The minimum Gasteiger partial charge on any atom is -0.472 e. The van der Waals surface area contributed by atoms with Crippen LogP contribution in [0.15, 0.2) is 34.7 Å². The number of carbonyl (C=O) groups is 2. The Morgan fingerprint density at radius 1 is 0.980 bits per heavy atom. The van der Waals surface area contributed by atoms with E-state index in [0.29, 0.717) is 24.0 Å². The lowest BCUT2D eigenvalue weighted by molar-refractivity contribution is -0.338. The normalized spacial score (nSPS) is 45.6. The third kappa shape index (κ3) is 6.14. The molecule has 0 aromatic carbocycles. The highest BCUT2D eigenvalue weighted by atomic mass is 16.7. The van der Waals surface area contributed by atoms with Crippen molar-refractivity contribution in [1.29, 1.82) is 0 Å². The molecule has 7 N–H and O–H groups in total. The molecule has 0 amide bonds. The topological polar surface area (TPSA) is 244 Å². The van der Waals surface area contributed by atoms with E-state index in [4.69, 9.17) is 32.8 Å². The van der Waals surface area contributed by atoms with Gasteiger partial charge in [-0.1, -0.05) is 19.9 Å². The lowest BCUT2D eigenvalue weighted by Crippen LogP contribution is -2.62. The number of esters is 2. The van der Waals surface area contributed by atoms with Gasteiger partial charge in [-0.05, 0) is 43.1 Å². The van der Waals surface area contributed by atoms with E-state index in [1.54, 1.807) is 6.07 Å². The van der Waals surface area contributed by atoms with Gasteiger partial charge in [0.05, 0.1) is 44.9 Å². The van der Waals surface area contributed by atoms with E-state index in [1.165, 1.54) is 19.6 Å². The zero-order valence-electron chi connectivity index (χ0n) is 27.4. The predicted octanol–water partition coefficient (Wildman–Crippen LogP) is -1.18. The summed E-state index contributed by atoms with van der Waals surface area (Å²) in [5.41, 5.74) is -0.400. The number of carbonyl (C=O) groups excluding carboxylic acids is 2. The highest BCUT2D eigenvalue weighted by molar-refractivity contribution is 5.93. The molecule has 1 aromatic heterocycles. The van der Waals surface area contributed by atoms with Gasteiger partial charge in [0.15, 0.2) is 12.6 Å². The summed E-state index contributed by atoms with van der Waals surface area (Å²) in [6, 6.07) is 1.66. The summed E-state index contributed by atoms with van der Waals surface area (Å²) in [5.74, 6) is -1.78. The van der Waals surface area contributed by atoms with E-state index in [2.05, 4.69) is 0 Å². The SMILES string of the molecule is COC(=O)[C@@H]1C[C@H]2OC(=O)C3=CCC[C@@H]([C@]1(C)C[C@@H](O[C@@H]1O[C@H](CO[C@@H]4O[C@H](CO)[C@@H](O)[C@H](O)[C@H]4O)[C@@H](O)[C@H](O)[C@H]1O)c1ccoc1)[C@]32C. The summed E-state index contributed by atoms with van der Waals surface area (Å²) < 4.78 is 39.7. The van der Waals surface area contributed by atoms with Crippen molar-refractivity contribution in [3.63, 3.8) is 0 Å². The molecule has 0 bridgehead atoms. The second kappa shape index (κ2) is 13.9. The fourth-order valence-corrected chi connectivity index (χ4v) is 8.77. The molecule has 16 nitrogen and oxygen atoms in total. The molecule has 1 saturated carbocycles. The quantitative estimate of drug-likeness (QED) is 0.142. The molecule has 0 radical (unpaired) electrons. The molecule has 1 aromatic rings. The molecule has 274 valence electrons. The molecule has 4 fully saturated rings. The molecule has 4 heterocycles. The van der Waals surface area contributed by atoms with Crippen molar-refractivity contribution in [2.75, 3.05) is 20.3 Å². The Balaban J connectivity index is 1.25. The molecular formula is C33H46O16. The molecule has 0 spiro atoms. The van der Waals surface area contributed by atoms with E-state index in [1.807, 2.05) is 19.9 Å². The summed E-state index contributed by atoms with van der Waals surface area (Å²) in [7, 11) is 1.30. The van der Waals surface area contributed by atoms with Crippen LogP contribution in [0.25, 0.3) is 0 Å². The summed E-state index contributed by atoms with van der Waals surface area (Å²) in [4.78, 5) is 26.4. The highest BCUT2D eigenvalue weighted by Crippen LogP contribution is 2.66. The monoisotopic (exact) mass is 698 g/mol. The molecule has 16 atom stereocenters. The van der Waals surface area contributed by atoms with Crippen LogP contribution in [-0.2, 0) is 38.0 Å². The summed E-state index contributed by atoms with van der Waals surface area (Å²) in [6.45, 7) is 2.73. The first kappa shape index (κ1) is 36.3. The molecule has 6 rings (SSSR count). The van der Waals surface area contributed by atoms with Gasteiger partial charge in [0.2, 0.25) is 0 Å². The minimum absolute atomic E-state index is 0.165. The first-order valence-electron chi connectivity index (χ1n) is 16.5. The van der Waals surface area contributed by atoms with Crippen LogP contribution in [-0.4, -0.2) is 136 Å². The smallest absolute Gasteiger partial charge is 0.334 e. The third-order valence-corrected chi connectivity index (χ3v) is 11.6. The maximum absolute atomic E-state index is 13.4. The van der Waals surface area contributed by atoms with Gasteiger partial charge in [0.1, 0.15) is 54.9 Å². The number of allylic oxidation sites excluding steroid dienone is 1. The van der Waals surface area contributed by atoms with E-state index >= 15 is 0 Å². The zero-order chi connectivity index (χ0) is 35.4. The van der Waals surface area contributed by atoms with Gasteiger partial charge in [-0.2, -0.15) is 0 Å². The van der Waals surface area contributed by atoms with E-state index in [9.17, 15) is 45.3 Å².